The molecule has 0 aliphatic rings. The van der Waals surface area contributed by atoms with Gasteiger partial charge < -0.3 is 14.8 Å². The molecule has 10 heteroatoms. The first-order chi connectivity index (χ1) is 14.8. The summed E-state index contributed by atoms with van der Waals surface area (Å²) in [5.41, 5.74) is 0.350. The standard InChI is InChI=1S/C21H20N4O6/c1-12-9-18(30-3)19(31-4)11-14(12)22-21(27)20-17(26)10-13(2)24(23-20)15-7-5-6-8-16(15)25(28)29/h5-11H,1-4H3,(H,22,27). The largest absolute Gasteiger partial charge is 0.493 e. The number of nitrogens with one attached hydrogen (secondary N) is 1. The average Bonchev–Trinajstić information content (AvgIpc) is 2.74. The van der Waals surface area contributed by atoms with Gasteiger partial charge in [0.1, 0.15) is 5.69 Å². The number of anilines is 1. The maximum absolute atomic E-state index is 12.9. The van der Waals surface area contributed by atoms with Crippen molar-refractivity contribution in [3.05, 3.63) is 79.8 Å². The molecule has 1 heterocycles. The molecule has 2 aromatic carbocycles. The monoisotopic (exact) mass is 424 g/mol. The molecule has 0 saturated carbocycles. The number of carbonyl (C=O) groups excluding carboxylic acids is 1. The van der Waals surface area contributed by atoms with Gasteiger partial charge in [0.2, 0.25) is 5.43 Å². The average molecular weight is 424 g/mol. The van der Waals surface area contributed by atoms with E-state index in [2.05, 4.69) is 10.4 Å². The Kier molecular flexibility index (Phi) is 6.00. The van der Waals surface area contributed by atoms with E-state index in [0.29, 0.717) is 28.4 Å². The normalized spacial score (nSPS) is 10.5. The molecule has 0 atom stereocenters. The fourth-order valence-corrected chi connectivity index (χ4v) is 3.04. The smallest absolute Gasteiger partial charge is 0.294 e. The van der Waals surface area contributed by atoms with E-state index in [1.165, 1.54) is 43.2 Å². The minimum atomic E-state index is -0.757. The second-order valence-electron chi connectivity index (χ2n) is 6.63. The Morgan fingerprint density at radius 1 is 1.10 bits per heavy atom. The topological polar surface area (TPSA) is 126 Å². The number of hydrogen-bond acceptors (Lipinski definition) is 7. The maximum Gasteiger partial charge on any atom is 0.294 e. The van der Waals surface area contributed by atoms with E-state index >= 15 is 0 Å². The summed E-state index contributed by atoms with van der Waals surface area (Å²) in [6, 6.07) is 10.4. The minimum absolute atomic E-state index is 0.140. The van der Waals surface area contributed by atoms with Gasteiger partial charge in [-0.1, -0.05) is 12.1 Å². The Morgan fingerprint density at radius 3 is 2.39 bits per heavy atom. The van der Waals surface area contributed by atoms with Crippen molar-refractivity contribution in [2.75, 3.05) is 19.5 Å². The first kappa shape index (κ1) is 21.5. The van der Waals surface area contributed by atoms with E-state index in [1.807, 2.05) is 0 Å². The number of para-hydroxylation sites is 2. The molecule has 3 aromatic rings. The van der Waals surface area contributed by atoms with Gasteiger partial charge in [-0.3, -0.25) is 19.7 Å². The van der Waals surface area contributed by atoms with Gasteiger partial charge in [0.15, 0.2) is 17.2 Å². The van der Waals surface area contributed by atoms with Crippen molar-refractivity contribution in [3.8, 4) is 17.2 Å². The van der Waals surface area contributed by atoms with Crippen molar-refractivity contribution in [1.29, 1.82) is 0 Å². The zero-order valence-corrected chi connectivity index (χ0v) is 17.3. The van der Waals surface area contributed by atoms with Gasteiger partial charge in [-0.2, -0.15) is 5.10 Å². The van der Waals surface area contributed by atoms with Gasteiger partial charge in [-0.15, -0.1) is 0 Å². The lowest BCUT2D eigenvalue weighted by atomic mass is 10.1. The van der Waals surface area contributed by atoms with Crippen LogP contribution in [0, 0.1) is 24.0 Å². The molecule has 0 saturated heterocycles. The molecule has 0 radical (unpaired) electrons. The molecule has 0 aliphatic heterocycles. The van der Waals surface area contributed by atoms with Crippen LogP contribution >= 0.6 is 0 Å². The predicted octanol–water partition coefficient (Wildman–Crippen LogP) is 3.03. The van der Waals surface area contributed by atoms with Crippen molar-refractivity contribution >= 4 is 17.3 Å². The summed E-state index contributed by atoms with van der Waals surface area (Å²) in [6.45, 7) is 3.33. The fraction of sp³-hybridized carbons (Fsp3) is 0.190. The Hall–Kier alpha value is -4.21. The van der Waals surface area contributed by atoms with E-state index < -0.39 is 22.0 Å². The predicted molar refractivity (Wildman–Crippen MR) is 113 cm³/mol. The fourth-order valence-electron chi connectivity index (χ4n) is 3.04. The Bertz CT molecular complexity index is 1240. The highest BCUT2D eigenvalue weighted by atomic mass is 16.6. The van der Waals surface area contributed by atoms with Crippen LogP contribution in [0.2, 0.25) is 0 Å². The van der Waals surface area contributed by atoms with Gasteiger partial charge in [-0.05, 0) is 31.5 Å². The van der Waals surface area contributed by atoms with E-state index in [9.17, 15) is 19.7 Å². The molecular weight excluding hydrogens is 404 g/mol. The highest BCUT2D eigenvalue weighted by Crippen LogP contribution is 2.33. The number of ether oxygens (including phenoxy) is 2. The zero-order chi connectivity index (χ0) is 22.7. The summed E-state index contributed by atoms with van der Waals surface area (Å²) >= 11 is 0. The van der Waals surface area contributed by atoms with E-state index in [4.69, 9.17) is 9.47 Å². The van der Waals surface area contributed by atoms with Crippen LogP contribution < -0.4 is 20.2 Å². The third kappa shape index (κ3) is 4.22. The summed E-state index contributed by atoms with van der Waals surface area (Å²) in [7, 11) is 2.96. The number of benzene rings is 2. The number of hydrogen-bond donors (Lipinski definition) is 1. The van der Waals surface area contributed by atoms with Crippen molar-refractivity contribution in [2.24, 2.45) is 0 Å². The molecule has 160 valence electrons. The van der Waals surface area contributed by atoms with Crippen LogP contribution in [0.1, 0.15) is 21.7 Å². The maximum atomic E-state index is 12.9. The second kappa shape index (κ2) is 8.66. The number of carbonyl (C=O) groups is 1. The SMILES string of the molecule is COc1cc(C)c(NC(=O)c2nn(-c3ccccc3[N+](=O)[O-])c(C)cc2=O)cc1OC. The summed E-state index contributed by atoms with van der Waals surface area (Å²) < 4.78 is 11.7. The van der Waals surface area contributed by atoms with E-state index in [0.717, 1.165) is 0 Å². The summed E-state index contributed by atoms with van der Waals surface area (Å²) in [6.07, 6.45) is 0. The number of nitro benzene ring substituents is 1. The van der Waals surface area contributed by atoms with Crippen LogP contribution in [0.3, 0.4) is 0 Å². The molecule has 0 fully saturated rings. The Morgan fingerprint density at radius 2 is 1.74 bits per heavy atom. The van der Waals surface area contributed by atoms with Gasteiger partial charge in [0.25, 0.3) is 11.6 Å². The van der Waals surface area contributed by atoms with Crippen LogP contribution in [0.4, 0.5) is 11.4 Å². The van der Waals surface area contributed by atoms with Crippen molar-refractivity contribution in [2.45, 2.75) is 13.8 Å². The highest BCUT2D eigenvalue weighted by molar-refractivity contribution is 6.03. The number of nitro groups is 1. The highest BCUT2D eigenvalue weighted by Gasteiger charge is 2.21. The van der Waals surface area contributed by atoms with Gasteiger partial charge in [-0.25, -0.2) is 4.68 Å². The molecular formula is C21H20N4O6. The molecule has 1 aromatic heterocycles. The second-order valence-corrected chi connectivity index (χ2v) is 6.63. The van der Waals surface area contributed by atoms with Crippen LogP contribution in [0.25, 0.3) is 5.69 Å². The number of methoxy groups -OCH3 is 2. The molecule has 0 bridgehead atoms. The zero-order valence-electron chi connectivity index (χ0n) is 17.3. The summed E-state index contributed by atoms with van der Waals surface area (Å²) in [5.74, 6) is 0.135. The number of rotatable bonds is 6. The number of amides is 1. The van der Waals surface area contributed by atoms with E-state index in [-0.39, 0.29) is 11.4 Å². The minimum Gasteiger partial charge on any atom is -0.493 e. The molecule has 0 unspecified atom stereocenters. The molecule has 1 amide bonds. The quantitative estimate of drug-likeness (QED) is 0.476. The molecule has 31 heavy (non-hydrogen) atoms. The first-order valence-corrected chi connectivity index (χ1v) is 9.15. The number of nitrogens with zero attached hydrogens (tertiary/aromatic N) is 3. The van der Waals surface area contributed by atoms with Crippen molar-refractivity contribution < 1.29 is 19.2 Å². The molecule has 0 spiro atoms. The third-order valence-electron chi connectivity index (χ3n) is 4.61. The van der Waals surface area contributed by atoms with Crippen molar-refractivity contribution in [1.82, 2.24) is 9.78 Å². The first-order valence-electron chi connectivity index (χ1n) is 9.15. The van der Waals surface area contributed by atoms with Gasteiger partial charge in [0, 0.05) is 29.6 Å². The molecule has 10 nitrogen and oxygen atoms in total. The van der Waals surface area contributed by atoms with Crippen LogP contribution in [0.5, 0.6) is 11.5 Å². The lowest BCUT2D eigenvalue weighted by molar-refractivity contribution is -0.384. The molecule has 3 rings (SSSR count). The molecule has 0 aliphatic carbocycles. The van der Waals surface area contributed by atoms with Crippen LogP contribution in [-0.4, -0.2) is 34.8 Å². The van der Waals surface area contributed by atoms with Crippen molar-refractivity contribution in [3.63, 3.8) is 0 Å². The Balaban J connectivity index is 2.05. The van der Waals surface area contributed by atoms with Crippen LogP contribution in [0.15, 0.2) is 47.3 Å². The lowest BCUT2D eigenvalue weighted by Crippen LogP contribution is -2.27. The summed E-state index contributed by atoms with van der Waals surface area (Å²) in [4.78, 5) is 36.2. The Labute approximate surface area is 177 Å². The number of aromatic nitrogens is 2. The van der Waals surface area contributed by atoms with Crippen LogP contribution in [-0.2, 0) is 0 Å². The van der Waals surface area contributed by atoms with E-state index in [1.54, 1.807) is 32.0 Å². The summed E-state index contributed by atoms with van der Waals surface area (Å²) in [5, 5.41) is 18.1. The number of aryl methyl sites for hydroxylation is 2. The molecule has 1 N–H and O–H groups in total. The van der Waals surface area contributed by atoms with Gasteiger partial charge in [0.05, 0.1) is 19.1 Å². The lowest BCUT2D eigenvalue weighted by Gasteiger charge is -2.14. The third-order valence-corrected chi connectivity index (χ3v) is 4.61. The van der Waals surface area contributed by atoms with Gasteiger partial charge >= 0.3 is 0 Å².